The Bertz CT molecular complexity index is 1050. The molecule has 0 bridgehead atoms. The Balaban J connectivity index is 1.32. The zero-order valence-corrected chi connectivity index (χ0v) is 20.4. The molecular weight excluding hydrogens is 444 g/mol. The highest BCUT2D eigenvalue weighted by Crippen LogP contribution is 2.45. The van der Waals surface area contributed by atoms with Crippen LogP contribution in [-0.2, 0) is 14.3 Å². The molecule has 0 aliphatic heterocycles. The van der Waals surface area contributed by atoms with Gasteiger partial charge in [0.05, 0.1) is 5.54 Å². The average Bonchev–Trinajstić information content (AvgIpc) is 3.64. The number of alkyl carbamates (subject to hydrolysis) is 1. The van der Waals surface area contributed by atoms with Gasteiger partial charge in [-0.1, -0.05) is 55.5 Å². The molecule has 3 N–H and O–H groups in total. The molecule has 2 atom stereocenters. The van der Waals surface area contributed by atoms with Crippen LogP contribution in [0.25, 0.3) is 11.1 Å². The van der Waals surface area contributed by atoms with E-state index in [1.807, 2.05) is 38.1 Å². The van der Waals surface area contributed by atoms with E-state index in [9.17, 15) is 14.4 Å². The van der Waals surface area contributed by atoms with Gasteiger partial charge in [-0.3, -0.25) is 9.59 Å². The summed E-state index contributed by atoms with van der Waals surface area (Å²) in [5.41, 5.74) is 3.98. The Labute approximate surface area is 206 Å². The number of carboxylic acids is 1. The molecule has 2 aliphatic rings. The number of hydrogen-bond acceptors (Lipinski definition) is 4. The quantitative estimate of drug-likeness (QED) is 0.434. The zero-order valence-electron chi connectivity index (χ0n) is 20.4. The second-order valence-electron chi connectivity index (χ2n) is 10.2. The predicted octanol–water partition coefficient (Wildman–Crippen LogP) is 4.70. The van der Waals surface area contributed by atoms with Gasteiger partial charge in [-0.15, -0.1) is 0 Å². The Morgan fingerprint density at radius 3 is 2.23 bits per heavy atom. The first-order valence-corrected chi connectivity index (χ1v) is 12.4. The van der Waals surface area contributed by atoms with Crippen LogP contribution < -0.4 is 10.6 Å². The second-order valence-corrected chi connectivity index (χ2v) is 10.2. The number of ether oxygens (including phenoxy) is 1. The molecule has 0 radical (unpaired) electrons. The lowest BCUT2D eigenvalue weighted by Gasteiger charge is -2.30. The van der Waals surface area contributed by atoms with Gasteiger partial charge in [-0.05, 0) is 60.3 Å². The average molecular weight is 479 g/mol. The molecule has 7 nitrogen and oxygen atoms in total. The number of rotatable bonds is 11. The fourth-order valence-corrected chi connectivity index (χ4v) is 5.03. The van der Waals surface area contributed by atoms with E-state index in [1.54, 1.807) is 0 Å². The first-order chi connectivity index (χ1) is 16.8. The van der Waals surface area contributed by atoms with Gasteiger partial charge in [0.25, 0.3) is 0 Å². The van der Waals surface area contributed by atoms with Crippen molar-refractivity contribution in [1.29, 1.82) is 0 Å². The van der Waals surface area contributed by atoms with Gasteiger partial charge in [0.1, 0.15) is 6.61 Å². The minimum Gasteiger partial charge on any atom is -0.481 e. The van der Waals surface area contributed by atoms with Gasteiger partial charge < -0.3 is 20.5 Å². The van der Waals surface area contributed by atoms with Gasteiger partial charge in [0.15, 0.2) is 0 Å². The summed E-state index contributed by atoms with van der Waals surface area (Å²) in [7, 11) is 0. The van der Waals surface area contributed by atoms with E-state index in [2.05, 4.69) is 34.9 Å². The summed E-state index contributed by atoms with van der Waals surface area (Å²) in [6.45, 7) is 4.46. The number of amides is 2. The summed E-state index contributed by atoms with van der Waals surface area (Å²) in [4.78, 5) is 36.2. The molecule has 0 spiro atoms. The van der Waals surface area contributed by atoms with Crippen molar-refractivity contribution in [2.24, 2.45) is 11.8 Å². The third-order valence-electron chi connectivity index (χ3n) is 7.24. The molecule has 4 rings (SSSR count). The monoisotopic (exact) mass is 478 g/mol. The maximum absolute atomic E-state index is 12.8. The number of carboxylic acid groups (broad SMARTS) is 1. The molecule has 2 aromatic rings. The molecule has 0 heterocycles. The maximum Gasteiger partial charge on any atom is 0.407 e. The highest BCUT2D eigenvalue weighted by atomic mass is 16.5. The normalized spacial score (nSPS) is 17.0. The number of aliphatic carboxylic acids is 1. The number of nitrogens with one attached hydrogen (secondary N) is 2. The van der Waals surface area contributed by atoms with Crippen molar-refractivity contribution in [1.82, 2.24) is 10.6 Å². The molecule has 1 saturated carbocycles. The van der Waals surface area contributed by atoms with Gasteiger partial charge >= 0.3 is 12.1 Å². The molecule has 0 aromatic heterocycles. The number of carbonyl (C=O) groups is 3. The van der Waals surface area contributed by atoms with Crippen LogP contribution in [0.3, 0.4) is 0 Å². The Kier molecular flexibility index (Phi) is 7.43. The largest absolute Gasteiger partial charge is 0.481 e. The van der Waals surface area contributed by atoms with E-state index in [1.165, 1.54) is 11.1 Å². The third kappa shape index (κ3) is 6.02. The summed E-state index contributed by atoms with van der Waals surface area (Å²) in [6.07, 6.45) is 2.16. The van der Waals surface area contributed by atoms with Crippen LogP contribution in [0.15, 0.2) is 48.5 Å². The van der Waals surface area contributed by atoms with E-state index < -0.39 is 17.6 Å². The molecule has 186 valence electrons. The van der Waals surface area contributed by atoms with Crippen molar-refractivity contribution >= 4 is 18.0 Å². The molecule has 2 amide bonds. The molecule has 0 saturated heterocycles. The van der Waals surface area contributed by atoms with Crippen molar-refractivity contribution in [3.63, 3.8) is 0 Å². The second kappa shape index (κ2) is 10.5. The number of hydrogen-bond donors (Lipinski definition) is 3. The van der Waals surface area contributed by atoms with Crippen molar-refractivity contribution in [2.45, 2.75) is 57.4 Å². The predicted molar refractivity (Wildman–Crippen MR) is 133 cm³/mol. The van der Waals surface area contributed by atoms with Crippen LogP contribution in [0.2, 0.25) is 0 Å². The molecule has 7 heteroatoms. The lowest BCUT2D eigenvalue weighted by molar-refractivity contribution is -0.137. The van der Waals surface area contributed by atoms with Gasteiger partial charge in [0, 0.05) is 25.3 Å². The van der Waals surface area contributed by atoms with E-state index >= 15 is 0 Å². The van der Waals surface area contributed by atoms with Crippen LogP contribution in [0.1, 0.15) is 63.0 Å². The third-order valence-corrected chi connectivity index (χ3v) is 7.24. The van der Waals surface area contributed by atoms with Crippen LogP contribution in [-0.4, -0.2) is 41.8 Å². The standard InChI is InChI=1S/C28H34N2O5/c1-18(11-14-26(32)33)16-29-25(31)15-28(2,19-12-13-19)30-27(34)35-17-24-22-9-5-3-7-20(22)21-8-4-6-10-23(21)24/h3-10,18-19,24H,11-17H2,1-2H3,(H,29,31)(H,30,34)(H,32,33). The van der Waals surface area contributed by atoms with Gasteiger partial charge in [0.2, 0.25) is 5.91 Å². The van der Waals surface area contributed by atoms with Crippen molar-refractivity contribution < 1.29 is 24.2 Å². The van der Waals surface area contributed by atoms with E-state index in [0.29, 0.717) is 13.0 Å². The Morgan fingerprint density at radius 2 is 1.66 bits per heavy atom. The molecule has 35 heavy (non-hydrogen) atoms. The van der Waals surface area contributed by atoms with Crippen LogP contribution >= 0.6 is 0 Å². The summed E-state index contributed by atoms with van der Waals surface area (Å²) in [5, 5.41) is 14.7. The zero-order chi connectivity index (χ0) is 25.0. The van der Waals surface area contributed by atoms with E-state index in [0.717, 1.165) is 24.0 Å². The van der Waals surface area contributed by atoms with E-state index in [-0.39, 0.29) is 43.1 Å². The highest BCUT2D eigenvalue weighted by molar-refractivity contribution is 5.80. The molecular formula is C28H34N2O5. The number of fused-ring (bicyclic) bond motifs is 3. The topological polar surface area (TPSA) is 105 Å². The van der Waals surface area contributed by atoms with E-state index in [4.69, 9.17) is 9.84 Å². The Morgan fingerprint density at radius 1 is 1.06 bits per heavy atom. The fourth-order valence-electron chi connectivity index (χ4n) is 5.03. The number of carbonyl (C=O) groups excluding carboxylic acids is 2. The number of benzene rings is 2. The SMILES string of the molecule is CC(CCC(=O)O)CNC(=O)CC(C)(NC(=O)OCC1c2ccccc2-c2ccccc21)C1CC1. The maximum atomic E-state index is 12.8. The lowest BCUT2D eigenvalue weighted by atomic mass is 9.91. The molecule has 2 aliphatic carbocycles. The molecule has 2 aromatic carbocycles. The van der Waals surface area contributed by atoms with Crippen molar-refractivity contribution in [3.8, 4) is 11.1 Å². The van der Waals surface area contributed by atoms with Crippen LogP contribution in [0, 0.1) is 11.8 Å². The highest BCUT2D eigenvalue weighted by Gasteiger charge is 2.44. The van der Waals surface area contributed by atoms with Crippen molar-refractivity contribution in [2.75, 3.05) is 13.2 Å². The summed E-state index contributed by atoms with van der Waals surface area (Å²) in [6, 6.07) is 16.4. The lowest BCUT2D eigenvalue weighted by Crippen LogP contribution is -2.51. The minimum absolute atomic E-state index is 0.0177. The first-order valence-electron chi connectivity index (χ1n) is 12.4. The summed E-state index contributed by atoms with van der Waals surface area (Å²) >= 11 is 0. The first kappa shape index (κ1) is 24.8. The van der Waals surface area contributed by atoms with Gasteiger partial charge in [-0.25, -0.2) is 4.79 Å². The van der Waals surface area contributed by atoms with Gasteiger partial charge in [-0.2, -0.15) is 0 Å². The minimum atomic E-state index is -0.836. The molecule has 2 unspecified atom stereocenters. The Hall–Kier alpha value is -3.35. The van der Waals surface area contributed by atoms with Crippen molar-refractivity contribution in [3.05, 3.63) is 59.7 Å². The fraction of sp³-hybridized carbons (Fsp3) is 0.464. The van der Waals surface area contributed by atoms with Crippen LogP contribution in [0.5, 0.6) is 0 Å². The molecule has 1 fully saturated rings. The van der Waals surface area contributed by atoms with Crippen LogP contribution in [0.4, 0.5) is 4.79 Å². The smallest absolute Gasteiger partial charge is 0.407 e. The summed E-state index contributed by atoms with van der Waals surface area (Å²) < 4.78 is 5.71. The summed E-state index contributed by atoms with van der Waals surface area (Å²) in [5.74, 6) is -0.705.